The molecule has 1 fully saturated rings. The van der Waals surface area contributed by atoms with Crippen LogP contribution in [0.15, 0.2) is 0 Å². The molecule has 0 aliphatic heterocycles. The zero-order valence-electron chi connectivity index (χ0n) is 8.64. The van der Waals surface area contributed by atoms with Crippen LogP contribution in [0.5, 0.6) is 0 Å². The van der Waals surface area contributed by atoms with Gasteiger partial charge in [0.2, 0.25) is 0 Å². The molecule has 12 heavy (non-hydrogen) atoms. The topological polar surface area (TPSA) is 20.2 Å². The van der Waals surface area contributed by atoms with Crippen molar-refractivity contribution in [2.75, 3.05) is 0 Å². The first-order chi connectivity index (χ1) is 5.50. The monoisotopic (exact) mass is 170 g/mol. The second-order valence-corrected chi connectivity index (χ2v) is 5.26. The molecule has 1 heteroatoms. The number of hydrogen-bond donors (Lipinski definition) is 1. The molecule has 0 saturated heterocycles. The smallest absolute Gasteiger partial charge is 0.0588 e. The Morgan fingerprint density at radius 1 is 1.33 bits per heavy atom. The SMILES string of the molecule is CC(C)(C)C(O)CCC1CCC1. The van der Waals surface area contributed by atoms with Crippen LogP contribution in [0.3, 0.4) is 0 Å². The van der Waals surface area contributed by atoms with Crippen molar-refractivity contribution < 1.29 is 5.11 Å². The van der Waals surface area contributed by atoms with E-state index in [1.54, 1.807) is 0 Å². The number of rotatable bonds is 3. The number of aliphatic hydroxyl groups is 1. The Kier molecular flexibility index (Phi) is 3.16. The Labute approximate surface area is 76.2 Å². The Hall–Kier alpha value is -0.0400. The van der Waals surface area contributed by atoms with Gasteiger partial charge in [0.05, 0.1) is 6.10 Å². The summed E-state index contributed by atoms with van der Waals surface area (Å²) in [5, 5.41) is 9.75. The maximum absolute atomic E-state index is 9.75. The van der Waals surface area contributed by atoms with E-state index in [4.69, 9.17) is 0 Å². The zero-order chi connectivity index (χ0) is 9.19. The van der Waals surface area contributed by atoms with E-state index in [9.17, 15) is 5.11 Å². The summed E-state index contributed by atoms with van der Waals surface area (Å²) in [5.41, 5.74) is 0.0732. The first-order valence-electron chi connectivity index (χ1n) is 5.18. The standard InChI is InChI=1S/C11H22O/c1-11(2,3)10(12)8-7-9-5-4-6-9/h9-10,12H,4-8H2,1-3H3. The van der Waals surface area contributed by atoms with Gasteiger partial charge in [0, 0.05) is 0 Å². The largest absolute Gasteiger partial charge is 0.393 e. The van der Waals surface area contributed by atoms with Gasteiger partial charge in [-0.05, 0) is 24.2 Å². The highest BCUT2D eigenvalue weighted by molar-refractivity contribution is 4.76. The van der Waals surface area contributed by atoms with E-state index >= 15 is 0 Å². The first-order valence-corrected chi connectivity index (χ1v) is 5.18. The van der Waals surface area contributed by atoms with Crippen molar-refractivity contribution in [3.63, 3.8) is 0 Å². The second kappa shape index (κ2) is 3.78. The maximum atomic E-state index is 9.75. The van der Waals surface area contributed by atoms with Crippen molar-refractivity contribution in [1.29, 1.82) is 0 Å². The van der Waals surface area contributed by atoms with Crippen LogP contribution >= 0.6 is 0 Å². The van der Waals surface area contributed by atoms with Gasteiger partial charge >= 0.3 is 0 Å². The van der Waals surface area contributed by atoms with Crippen LogP contribution in [0.4, 0.5) is 0 Å². The van der Waals surface area contributed by atoms with E-state index in [1.165, 1.54) is 25.7 Å². The van der Waals surface area contributed by atoms with Gasteiger partial charge in [-0.1, -0.05) is 40.0 Å². The van der Waals surface area contributed by atoms with Gasteiger partial charge in [0.1, 0.15) is 0 Å². The third kappa shape index (κ3) is 2.78. The summed E-state index contributed by atoms with van der Waals surface area (Å²) in [7, 11) is 0. The van der Waals surface area contributed by atoms with E-state index in [-0.39, 0.29) is 11.5 Å². The molecule has 1 aliphatic carbocycles. The molecule has 1 nitrogen and oxygen atoms in total. The van der Waals surface area contributed by atoms with E-state index < -0.39 is 0 Å². The Bertz CT molecular complexity index is 130. The van der Waals surface area contributed by atoms with Crippen LogP contribution in [-0.4, -0.2) is 11.2 Å². The molecule has 0 radical (unpaired) electrons. The lowest BCUT2D eigenvalue weighted by Gasteiger charge is -2.30. The zero-order valence-corrected chi connectivity index (χ0v) is 8.64. The van der Waals surface area contributed by atoms with Crippen LogP contribution in [0.1, 0.15) is 52.9 Å². The van der Waals surface area contributed by atoms with Gasteiger partial charge in [0.25, 0.3) is 0 Å². The highest BCUT2D eigenvalue weighted by atomic mass is 16.3. The van der Waals surface area contributed by atoms with Crippen molar-refractivity contribution >= 4 is 0 Å². The molecule has 0 bridgehead atoms. The number of aliphatic hydroxyl groups excluding tert-OH is 1. The molecule has 0 aromatic heterocycles. The van der Waals surface area contributed by atoms with Gasteiger partial charge in [0.15, 0.2) is 0 Å². The van der Waals surface area contributed by atoms with Crippen molar-refractivity contribution in [2.45, 2.75) is 59.0 Å². The Balaban J connectivity index is 2.13. The average molecular weight is 170 g/mol. The maximum Gasteiger partial charge on any atom is 0.0588 e. The fourth-order valence-electron chi connectivity index (χ4n) is 1.61. The average Bonchev–Trinajstić information content (AvgIpc) is 1.81. The van der Waals surface area contributed by atoms with E-state index in [1.807, 2.05) is 0 Å². The van der Waals surface area contributed by atoms with Crippen molar-refractivity contribution in [3.8, 4) is 0 Å². The van der Waals surface area contributed by atoms with E-state index in [2.05, 4.69) is 20.8 Å². The first kappa shape index (κ1) is 10.0. The lowest BCUT2D eigenvalue weighted by atomic mass is 9.78. The molecular formula is C11H22O. The minimum absolute atomic E-state index is 0.0732. The predicted octanol–water partition coefficient (Wildman–Crippen LogP) is 2.97. The highest BCUT2D eigenvalue weighted by Gasteiger charge is 2.24. The third-order valence-electron chi connectivity index (χ3n) is 3.07. The number of hydrogen-bond acceptors (Lipinski definition) is 1. The molecule has 1 atom stereocenters. The molecular weight excluding hydrogens is 148 g/mol. The molecule has 1 aliphatic rings. The van der Waals surface area contributed by atoms with E-state index in [0.29, 0.717) is 0 Å². The Morgan fingerprint density at radius 3 is 2.25 bits per heavy atom. The predicted molar refractivity (Wildman–Crippen MR) is 52.0 cm³/mol. The quantitative estimate of drug-likeness (QED) is 0.690. The van der Waals surface area contributed by atoms with Crippen molar-refractivity contribution in [1.82, 2.24) is 0 Å². The van der Waals surface area contributed by atoms with Crippen LogP contribution in [0, 0.1) is 11.3 Å². The molecule has 0 aromatic carbocycles. The summed E-state index contributed by atoms with van der Waals surface area (Å²) >= 11 is 0. The van der Waals surface area contributed by atoms with Crippen molar-refractivity contribution in [3.05, 3.63) is 0 Å². The van der Waals surface area contributed by atoms with Gasteiger partial charge in [-0.25, -0.2) is 0 Å². The summed E-state index contributed by atoms with van der Waals surface area (Å²) in [6.45, 7) is 6.33. The molecule has 1 saturated carbocycles. The molecule has 72 valence electrons. The molecule has 1 unspecified atom stereocenters. The summed E-state index contributed by atoms with van der Waals surface area (Å²) in [6.07, 6.45) is 6.33. The van der Waals surface area contributed by atoms with Gasteiger partial charge < -0.3 is 5.11 Å². The fraction of sp³-hybridized carbons (Fsp3) is 1.00. The van der Waals surface area contributed by atoms with Gasteiger partial charge in [-0.2, -0.15) is 0 Å². The van der Waals surface area contributed by atoms with Crippen molar-refractivity contribution in [2.24, 2.45) is 11.3 Å². The summed E-state index contributed by atoms with van der Waals surface area (Å²) in [6, 6.07) is 0. The molecule has 1 rings (SSSR count). The summed E-state index contributed by atoms with van der Waals surface area (Å²) < 4.78 is 0. The molecule has 0 aromatic rings. The fourth-order valence-corrected chi connectivity index (χ4v) is 1.61. The molecule has 0 heterocycles. The summed E-state index contributed by atoms with van der Waals surface area (Å²) in [4.78, 5) is 0. The highest BCUT2D eigenvalue weighted by Crippen LogP contribution is 2.33. The van der Waals surface area contributed by atoms with Crippen LogP contribution in [-0.2, 0) is 0 Å². The van der Waals surface area contributed by atoms with Crippen LogP contribution in [0.2, 0.25) is 0 Å². The Morgan fingerprint density at radius 2 is 1.92 bits per heavy atom. The lowest BCUT2D eigenvalue weighted by molar-refractivity contribution is 0.0460. The van der Waals surface area contributed by atoms with Gasteiger partial charge in [-0.15, -0.1) is 0 Å². The lowest BCUT2D eigenvalue weighted by Crippen LogP contribution is -2.27. The molecule has 1 N–H and O–H groups in total. The molecule has 0 spiro atoms. The van der Waals surface area contributed by atoms with Crippen LogP contribution < -0.4 is 0 Å². The summed E-state index contributed by atoms with van der Waals surface area (Å²) in [5.74, 6) is 0.932. The molecule has 0 amide bonds. The van der Waals surface area contributed by atoms with Gasteiger partial charge in [-0.3, -0.25) is 0 Å². The van der Waals surface area contributed by atoms with E-state index in [0.717, 1.165) is 12.3 Å². The second-order valence-electron chi connectivity index (χ2n) is 5.26. The minimum Gasteiger partial charge on any atom is -0.393 e. The third-order valence-corrected chi connectivity index (χ3v) is 3.07. The normalized spacial score (nSPS) is 22.0. The minimum atomic E-state index is -0.113. The van der Waals surface area contributed by atoms with Crippen LogP contribution in [0.25, 0.3) is 0 Å².